The fourth-order valence-corrected chi connectivity index (χ4v) is 3.19. The lowest BCUT2D eigenvalue weighted by atomic mass is 10.3. The second kappa shape index (κ2) is 7.60. The van der Waals surface area contributed by atoms with E-state index in [1.165, 1.54) is 4.31 Å². The zero-order valence-corrected chi connectivity index (χ0v) is 12.9. The summed E-state index contributed by atoms with van der Waals surface area (Å²) < 4.78 is 38.7. The predicted molar refractivity (Wildman–Crippen MR) is 80.8 cm³/mol. The fraction of sp³-hybridized carbons (Fsp3) is 0.538. The van der Waals surface area contributed by atoms with Gasteiger partial charge >= 0.3 is 10.2 Å². The van der Waals surface area contributed by atoms with E-state index >= 15 is 0 Å². The molecular formula is C13H21N3O4S. The number of nitrogens with zero attached hydrogens (tertiary/aromatic N) is 1. The topological polar surface area (TPSA) is 79.9 Å². The maximum absolute atomic E-state index is 12.2. The molecule has 0 unspecified atom stereocenters. The van der Waals surface area contributed by atoms with E-state index in [9.17, 15) is 8.42 Å². The van der Waals surface area contributed by atoms with Crippen molar-refractivity contribution in [3.8, 4) is 5.75 Å². The second-order valence-electron chi connectivity index (χ2n) is 4.62. The number of methoxy groups -OCH3 is 1. The Morgan fingerprint density at radius 2 is 1.86 bits per heavy atom. The Kier molecular flexibility index (Phi) is 5.80. The Hall–Kier alpha value is -1.35. The molecule has 0 spiro atoms. The zero-order chi connectivity index (χ0) is 15.1. The monoisotopic (exact) mass is 315 g/mol. The first kappa shape index (κ1) is 16.0. The van der Waals surface area contributed by atoms with Gasteiger partial charge in [0.2, 0.25) is 0 Å². The number of ether oxygens (including phenoxy) is 2. The molecule has 1 fully saturated rings. The number of hydrogen-bond donors (Lipinski definition) is 2. The Morgan fingerprint density at radius 3 is 2.48 bits per heavy atom. The van der Waals surface area contributed by atoms with Gasteiger partial charge in [-0.2, -0.15) is 12.7 Å². The van der Waals surface area contributed by atoms with Gasteiger partial charge in [-0.3, -0.25) is 4.72 Å². The summed E-state index contributed by atoms with van der Waals surface area (Å²) >= 11 is 0. The van der Waals surface area contributed by atoms with Crippen LogP contribution in [0.15, 0.2) is 24.3 Å². The van der Waals surface area contributed by atoms with Gasteiger partial charge in [-0.15, -0.1) is 0 Å². The molecule has 8 heteroatoms. The van der Waals surface area contributed by atoms with E-state index < -0.39 is 10.2 Å². The molecule has 1 aromatic rings. The van der Waals surface area contributed by atoms with E-state index in [4.69, 9.17) is 9.47 Å². The van der Waals surface area contributed by atoms with Gasteiger partial charge in [-0.1, -0.05) is 0 Å². The molecule has 1 aromatic carbocycles. The minimum Gasteiger partial charge on any atom is -0.491 e. The average Bonchev–Trinajstić information content (AvgIpc) is 2.50. The lowest BCUT2D eigenvalue weighted by Crippen LogP contribution is -2.48. The summed E-state index contributed by atoms with van der Waals surface area (Å²) in [6.07, 6.45) is 0. The van der Waals surface area contributed by atoms with E-state index in [0.717, 1.165) is 0 Å². The number of hydrogen-bond acceptors (Lipinski definition) is 5. The summed E-state index contributed by atoms with van der Waals surface area (Å²) in [4.78, 5) is 0. The van der Waals surface area contributed by atoms with Crippen molar-refractivity contribution in [1.82, 2.24) is 9.62 Å². The summed E-state index contributed by atoms with van der Waals surface area (Å²) in [5.74, 6) is 0.678. The lowest BCUT2D eigenvalue weighted by Gasteiger charge is -2.26. The van der Waals surface area contributed by atoms with E-state index in [1.807, 2.05) is 0 Å². The molecular weight excluding hydrogens is 294 g/mol. The van der Waals surface area contributed by atoms with Crippen LogP contribution in [0.4, 0.5) is 5.69 Å². The Labute approximate surface area is 125 Å². The summed E-state index contributed by atoms with van der Waals surface area (Å²) in [5.41, 5.74) is 0.521. The van der Waals surface area contributed by atoms with Crippen LogP contribution in [-0.4, -0.2) is 59.2 Å². The van der Waals surface area contributed by atoms with E-state index in [2.05, 4.69) is 10.0 Å². The van der Waals surface area contributed by atoms with Gasteiger partial charge in [-0.25, -0.2) is 0 Å². The second-order valence-corrected chi connectivity index (χ2v) is 6.29. The molecule has 1 saturated heterocycles. The van der Waals surface area contributed by atoms with E-state index in [0.29, 0.717) is 50.8 Å². The molecule has 1 aliphatic rings. The number of benzene rings is 1. The number of piperazine rings is 1. The Balaban J connectivity index is 1.92. The average molecular weight is 315 g/mol. The summed E-state index contributed by atoms with van der Waals surface area (Å²) in [5, 5.41) is 3.12. The van der Waals surface area contributed by atoms with Crippen LogP contribution in [0.3, 0.4) is 0 Å². The standard InChI is InChI=1S/C13H21N3O4S/c1-19-10-11-20-13-4-2-12(3-5-13)15-21(17,18)16-8-6-14-7-9-16/h2-5,14-15H,6-11H2,1H3. The van der Waals surface area contributed by atoms with Gasteiger partial charge in [0, 0.05) is 33.3 Å². The van der Waals surface area contributed by atoms with Crippen molar-refractivity contribution in [1.29, 1.82) is 0 Å². The van der Waals surface area contributed by atoms with Gasteiger partial charge in [0.25, 0.3) is 0 Å². The molecule has 0 bridgehead atoms. The van der Waals surface area contributed by atoms with Crippen LogP contribution in [0.5, 0.6) is 5.75 Å². The number of anilines is 1. The molecule has 118 valence electrons. The van der Waals surface area contributed by atoms with Gasteiger partial charge in [0.1, 0.15) is 12.4 Å². The fourth-order valence-electron chi connectivity index (χ4n) is 1.96. The molecule has 2 rings (SSSR count). The minimum absolute atomic E-state index is 0.461. The summed E-state index contributed by atoms with van der Waals surface area (Å²) in [6, 6.07) is 6.82. The van der Waals surface area contributed by atoms with Crippen LogP contribution in [0.2, 0.25) is 0 Å². The highest BCUT2D eigenvalue weighted by Gasteiger charge is 2.23. The molecule has 1 heterocycles. The van der Waals surface area contributed by atoms with Crippen LogP contribution in [0, 0.1) is 0 Å². The molecule has 7 nitrogen and oxygen atoms in total. The van der Waals surface area contributed by atoms with Crippen LogP contribution in [0.1, 0.15) is 0 Å². The van der Waals surface area contributed by atoms with Crippen LogP contribution >= 0.6 is 0 Å². The molecule has 0 atom stereocenters. The van der Waals surface area contributed by atoms with Gasteiger partial charge < -0.3 is 14.8 Å². The van der Waals surface area contributed by atoms with Gasteiger partial charge in [0.05, 0.1) is 12.3 Å². The molecule has 2 N–H and O–H groups in total. The minimum atomic E-state index is -3.49. The Bertz CT molecular complexity index is 527. The van der Waals surface area contributed by atoms with Crippen molar-refractivity contribution in [3.63, 3.8) is 0 Å². The maximum Gasteiger partial charge on any atom is 0.301 e. The van der Waals surface area contributed by atoms with E-state index in [-0.39, 0.29) is 0 Å². The smallest absolute Gasteiger partial charge is 0.301 e. The number of nitrogens with one attached hydrogen (secondary N) is 2. The first-order valence-electron chi connectivity index (χ1n) is 6.82. The zero-order valence-electron chi connectivity index (χ0n) is 12.0. The van der Waals surface area contributed by atoms with Gasteiger partial charge in [-0.05, 0) is 24.3 Å². The van der Waals surface area contributed by atoms with Crippen molar-refractivity contribution in [2.24, 2.45) is 0 Å². The summed E-state index contributed by atoms with van der Waals surface area (Å²) in [6.45, 7) is 3.28. The maximum atomic E-state index is 12.2. The molecule has 0 aromatic heterocycles. The highest BCUT2D eigenvalue weighted by atomic mass is 32.2. The van der Waals surface area contributed by atoms with Crippen molar-refractivity contribution >= 4 is 15.9 Å². The van der Waals surface area contributed by atoms with Crippen LogP contribution < -0.4 is 14.8 Å². The van der Waals surface area contributed by atoms with Crippen molar-refractivity contribution < 1.29 is 17.9 Å². The van der Waals surface area contributed by atoms with E-state index in [1.54, 1.807) is 31.4 Å². The largest absolute Gasteiger partial charge is 0.491 e. The van der Waals surface area contributed by atoms with Crippen LogP contribution in [-0.2, 0) is 14.9 Å². The molecule has 0 amide bonds. The SMILES string of the molecule is COCCOc1ccc(NS(=O)(=O)N2CCNCC2)cc1. The van der Waals surface area contributed by atoms with Gasteiger partial charge in [0.15, 0.2) is 0 Å². The quantitative estimate of drug-likeness (QED) is 0.706. The first-order chi connectivity index (χ1) is 10.1. The molecule has 0 radical (unpaired) electrons. The molecule has 0 aliphatic carbocycles. The predicted octanol–water partition coefficient (Wildman–Crippen LogP) is 0.274. The molecule has 21 heavy (non-hydrogen) atoms. The third-order valence-electron chi connectivity index (χ3n) is 3.07. The van der Waals surface area contributed by atoms with Crippen molar-refractivity contribution in [2.75, 3.05) is 51.2 Å². The van der Waals surface area contributed by atoms with Crippen molar-refractivity contribution in [2.45, 2.75) is 0 Å². The lowest BCUT2D eigenvalue weighted by molar-refractivity contribution is 0.146. The summed E-state index contributed by atoms with van der Waals surface area (Å²) in [7, 11) is -1.88. The molecule has 1 aliphatic heterocycles. The first-order valence-corrected chi connectivity index (χ1v) is 8.26. The molecule has 0 saturated carbocycles. The third kappa shape index (κ3) is 4.85. The van der Waals surface area contributed by atoms with Crippen molar-refractivity contribution in [3.05, 3.63) is 24.3 Å². The Morgan fingerprint density at radius 1 is 1.19 bits per heavy atom. The number of rotatable bonds is 7. The highest BCUT2D eigenvalue weighted by Crippen LogP contribution is 2.17. The highest BCUT2D eigenvalue weighted by molar-refractivity contribution is 7.90. The van der Waals surface area contributed by atoms with Crippen LogP contribution in [0.25, 0.3) is 0 Å². The normalized spacial score (nSPS) is 16.6. The third-order valence-corrected chi connectivity index (χ3v) is 4.61.